The Morgan fingerprint density at radius 3 is 2.41 bits per heavy atom. The normalized spacial score (nSPS) is 23.6. The first-order valence-corrected chi connectivity index (χ1v) is 16.8. The Balaban J connectivity index is 1.11. The van der Waals surface area contributed by atoms with Crippen molar-refractivity contribution in [2.75, 3.05) is 51.3 Å². The molecule has 1 aromatic heterocycles. The molecule has 1 aromatic carbocycles. The van der Waals surface area contributed by atoms with Gasteiger partial charge in [0.15, 0.2) is 0 Å². The highest BCUT2D eigenvalue weighted by Gasteiger charge is 2.33. The number of piperidine rings is 2. The van der Waals surface area contributed by atoms with Crippen LogP contribution in [0.25, 0.3) is 0 Å². The number of hydrogen-bond donors (Lipinski definition) is 1. The Labute approximate surface area is 244 Å². The van der Waals surface area contributed by atoms with Crippen molar-refractivity contribution in [3.05, 3.63) is 53.5 Å². The number of sulfonamides is 1. The zero-order valence-corrected chi connectivity index (χ0v) is 25.4. The highest BCUT2D eigenvalue weighted by Crippen LogP contribution is 2.31. The third kappa shape index (κ3) is 7.25. The molecule has 0 bridgehead atoms. The molecule has 41 heavy (non-hydrogen) atoms. The lowest BCUT2D eigenvalue weighted by Crippen LogP contribution is -2.52. The van der Waals surface area contributed by atoms with Gasteiger partial charge in [-0.05, 0) is 70.5 Å². The summed E-state index contributed by atoms with van der Waals surface area (Å²) in [5.74, 6) is 0.642. The van der Waals surface area contributed by atoms with E-state index in [0.29, 0.717) is 37.2 Å². The minimum Gasteiger partial charge on any atom is -0.368 e. The Hall–Kier alpha value is -2.60. The fourth-order valence-electron chi connectivity index (χ4n) is 6.49. The van der Waals surface area contributed by atoms with Gasteiger partial charge in [-0.3, -0.25) is 4.79 Å². The molecule has 5 rings (SSSR count). The third-order valence-corrected chi connectivity index (χ3v) is 10.5. The number of likely N-dealkylation sites (tertiary alicyclic amines) is 2. The number of carbonyl (C=O) groups is 1. The van der Waals surface area contributed by atoms with Gasteiger partial charge in [-0.15, -0.1) is 0 Å². The molecule has 2 aromatic rings. The van der Waals surface area contributed by atoms with Gasteiger partial charge in [0, 0.05) is 44.3 Å². The summed E-state index contributed by atoms with van der Waals surface area (Å²) in [6.07, 6.45) is 9.60. The molecule has 0 radical (unpaired) electrons. The van der Waals surface area contributed by atoms with Crippen molar-refractivity contribution in [2.45, 2.75) is 76.2 Å². The molecule has 1 amide bonds. The highest BCUT2D eigenvalue weighted by molar-refractivity contribution is 7.88. The molecule has 0 aliphatic carbocycles. The zero-order valence-electron chi connectivity index (χ0n) is 24.5. The molecular weight excluding hydrogens is 540 g/mol. The summed E-state index contributed by atoms with van der Waals surface area (Å²) in [6.45, 7) is 5.71. The Bertz CT molecular complexity index is 1280. The second-order valence-corrected chi connectivity index (χ2v) is 13.8. The average Bonchev–Trinajstić information content (AvgIpc) is 3.00. The SMILES string of the molecule is Cc1c(NCC2CCCC(c3ccccc3)O2)ncnc1C(=O)N1CCC(N2CCC(N(C)S(C)(=O)=O)CC2)CC1. The first-order chi connectivity index (χ1) is 19.7. The first-order valence-electron chi connectivity index (χ1n) is 14.9. The van der Waals surface area contributed by atoms with Gasteiger partial charge in [-0.25, -0.2) is 22.7 Å². The maximum absolute atomic E-state index is 13.5. The molecule has 1 N–H and O–H groups in total. The Morgan fingerprint density at radius 2 is 1.73 bits per heavy atom. The average molecular weight is 585 g/mol. The quantitative estimate of drug-likeness (QED) is 0.503. The topological polar surface area (TPSA) is 108 Å². The number of aromatic nitrogens is 2. The predicted octanol–water partition coefficient (Wildman–Crippen LogP) is 3.47. The van der Waals surface area contributed by atoms with Crippen LogP contribution in [0.15, 0.2) is 36.7 Å². The van der Waals surface area contributed by atoms with Gasteiger partial charge in [-0.1, -0.05) is 30.3 Å². The van der Waals surface area contributed by atoms with Crippen molar-refractivity contribution in [3.8, 4) is 0 Å². The van der Waals surface area contributed by atoms with Crippen molar-refractivity contribution in [1.29, 1.82) is 0 Å². The van der Waals surface area contributed by atoms with Crippen molar-refractivity contribution in [2.24, 2.45) is 0 Å². The van der Waals surface area contributed by atoms with Gasteiger partial charge in [0.2, 0.25) is 10.0 Å². The number of hydrogen-bond acceptors (Lipinski definition) is 8. The predicted molar refractivity (Wildman–Crippen MR) is 159 cm³/mol. The zero-order chi connectivity index (χ0) is 29.0. The molecule has 10 nitrogen and oxygen atoms in total. The Kier molecular flexibility index (Phi) is 9.58. The van der Waals surface area contributed by atoms with E-state index in [9.17, 15) is 13.2 Å². The molecule has 2 unspecified atom stereocenters. The van der Waals surface area contributed by atoms with Gasteiger partial charge >= 0.3 is 0 Å². The summed E-state index contributed by atoms with van der Waals surface area (Å²) in [7, 11) is -1.49. The van der Waals surface area contributed by atoms with Crippen LogP contribution >= 0.6 is 0 Å². The Morgan fingerprint density at radius 1 is 1.02 bits per heavy atom. The minimum atomic E-state index is -3.17. The van der Waals surface area contributed by atoms with E-state index in [0.717, 1.165) is 63.6 Å². The second-order valence-electron chi connectivity index (χ2n) is 11.7. The second kappa shape index (κ2) is 13.1. The number of anilines is 1. The van der Waals surface area contributed by atoms with Crippen LogP contribution in [0.3, 0.4) is 0 Å². The monoisotopic (exact) mass is 584 g/mol. The summed E-state index contributed by atoms with van der Waals surface area (Å²) in [5.41, 5.74) is 2.44. The van der Waals surface area contributed by atoms with Crippen LogP contribution in [0.1, 0.15) is 72.7 Å². The van der Waals surface area contributed by atoms with Gasteiger partial charge in [0.1, 0.15) is 17.8 Å². The third-order valence-electron chi connectivity index (χ3n) is 9.11. The molecule has 3 fully saturated rings. The summed E-state index contributed by atoms with van der Waals surface area (Å²) in [5, 5.41) is 3.43. The van der Waals surface area contributed by atoms with Crippen LogP contribution in [0.2, 0.25) is 0 Å². The van der Waals surface area contributed by atoms with E-state index in [4.69, 9.17) is 4.74 Å². The first kappa shape index (κ1) is 29.9. The van der Waals surface area contributed by atoms with E-state index in [1.54, 1.807) is 7.05 Å². The lowest BCUT2D eigenvalue weighted by Gasteiger charge is -2.43. The number of amides is 1. The number of rotatable bonds is 8. The molecule has 3 aliphatic rings. The summed E-state index contributed by atoms with van der Waals surface area (Å²) in [6, 6.07) is 10.9. The van der Waals surface area contributed by atoms with E-state index in [1.807, 2.05) is 17.9 Å². The van der Waals surface area contributed by atoms with Crippen LogP contribution in [0.5, 0.6) is 0 Å². The number of nitrogens with one attached hydrogen (secondary N) is 1. The fraction of sp³-hybridized carbons (Fsp3) is 0.633. The van der Waals surface area contributed by atoms with E-state index >= 15 is 0 Å². The van der Waals surface area contributed by atoms with Gasteiger partial charge < -0.3 is 19.9 Å². The highest BCUT2D eigenvalue weighted by atomic mass is 32.2. The van der Waals surface area contributed by atoms with Crippen LogP contribution in [0, 0.1) is 6.92 Å². The molecule has 0 spiro atoms. The van der Waals surface area contributed by atoms with Crippen molar-refractivity contribution in [1.82, 2.24) is 24.1 Å². The summed E-state index contributed by atoms with van der Waals surface area (Å²) >= 11 is 0. The van der Waals surface area contributed by atoms with Gasteiger partial charge in [-0.2, -0.15) is 0 Å². The number of nitrogens with zero attached hydrogens (tertiary/aromatic N) is 5. The molecule has 4 heterocycles. The molecule has 224 valence electrons. The maximum atomic E-state index is 13.5. The largest absolute Gasteiger partial charge is 0.368 e. The fourth-order valence-corrected chi connectivity index (χ4v) is 7.24. The minimum absolute atomic E-state index is 0.0436. The molecular formula is C30H44N6O4S. The molecule has 3 aliphatic heterocycles. The van der Waals surface area contributed by atoms with Crippen LogP contribution in [-0.2, 0) is 14.8 Å². The standard InChI is InChI=1S/C30H44N6O4S/c1-22-28(32-21-33-29(22)31-20-26-10-7-11-27(40-26)23-8-5-4-6-9-23)30(37)36-18-14-25(15-19-36)35-16-12-24(13-17-35)34(2)41(3,38)39/h4-6,8-9,21,24-27H,7,10-20H2,1-3H3,(H,31,32,33). The molecule has 11 heteroatoms. The number of carbonyl (C=O) groups excluding carboxylic acids is 1. The van der Waals surface area contributed by atoms with E-state index in [2.05, 4.69) is 44.5 Å². The molecule has 0 saturated carbocycles. The lowest BCUT2D eigenvalue weighted by molar-refractivity contribution is -0.0442. The molecule has 2 atom stereocenters. The smallest absolute Gasteiger partial charge is 0.272 e. The van der Waals surface area contributed by atoms with Crippen molar-refractivity contribution in [3.63, 3.8) is 0 Å². The maximum Gasteiger partial charge on any atom is 0.272 e. The number of benzene rings is 1. The van der Waals surface area contributed by atoms with Crippen LogP contribution in [-0.4, -0.2) is 103 Å². The summed E-state index contributed by atoms with van der Waals surface area (Å²) in [4.78, 5) is 26.7. The van der Waals surface area contributed by atoms with Gasteiger partial charge in [0.05, 0.1) is 18.5 Å². The van der Waals surface area contributed by atoms with E-state index < -0.39 is 10.0 Å². The lowest BCUT2D eigenvalue weighted by atomic mass is 9.97. The van der Waals surface area contributed by atoms with E-state index in [1.165, 1.54) is 22.5 Å². The summed E-state index contributed by atoms with van der Waals surface area (Å²) < 4.78 is 31.7. The van der Waals surface area contributed by atoms with Crippen molar-refractivity contribution < 1.29 is 17.9 Å². The van der Waals surface area contributed by atoms with Crippen LogP contribution < -0.4 is 5.32 Å². The van der Waals surface area contributed by atoms with Crippen molar-refractivity contribution >= 4 is 21.7 Å². The van der Waals surface area contributed by atoms with Crippen LogP contribution in [0.4, 0.5) is 5.82 Å². The number of ether oxygens (including phenoxy) is 1. The van der Waals surface area contributed by atoms with Gasteiger partial charge in [0.25, 0.3) is 5.91 Å². The van der Waals surface area contributed by atoms with E-state index in [-0.39, 0.29) is 24.2 Å². The molecule has 3 saturated heterocycles.